The van der Waals surface area contributed by atoms with Gasteiger partial charge in [-0.2, -0.15) is 10.4 Å². The van der Waals surface area contributed by atoms with Crippen LogP contribution in [-0.2, 0) is 6.54 Å². The fourth-order valence-electron chi connectivity index (χ4n) is 5.19. The highest BCUT2D eigenvalue weighted by Gasteiger charge is 2.21. The Kier molecular flexibility index (Phi) is 8.15. The first-order chi connectivity index (χ1) is 21.5. The average molecular weight is 586 g/mol. The van der Waals surface area contributed by atoms with Crippen molar-refractivity contribution in [2.24, 2.45) is 5.10 Å². The first-order valence-corrected chi connectivity index (χ1v) is 14.2. The molecule has 5 heterocycles. The van der Waals surface area contributed by atoms with Gasteiger partial charge in [-0.25, -0.2) is 24.9 Å². The van der Waals surface area contributed by atoms with Crippen molar-refractivity contribution in [1.82, 2.24) is 34.4 Å². The fourth-order valence-corrected chi connectivity index (χ4v) is 5.19. The van der Waals surface area contributed by atoms with Gasteiger partial charge in [0.25, 0.3) is 0 Å². The van der Waals surface area contributed by atoms with Gasteiger partial charge in [0, 0.05) is 49.5 Å². The topological polar surface area (TPSA) is 183 Å². The molecule has 0 amide bonds. The molecule has 1 aliphatic heterocycles. The third kappa shape index (κ3) is 6.35. The molecule has 6 rings (SSSR count). The number of piperidine rings is 1. The van der Waals surface area contributed by atoms with Crippen LogP contribution in [0.4, 0.5) is 17.5 Å². The number of hydrogen-bond acceptors (Lipinski definition) is 12. The molecule has 1 aromatic carbocycles. The van der Waals surface area contributed by atoms with E-state index in [1.165, 1.54) is 11.8 Å². The van der Waals surface area contributed by atoms with E-state index in [1.54, 1.807) is 31.5 Å². The maximum atomic E-state index is 9.05. The van der Waals surface area contributed by atoms with Crippen molar-refractivity contribution < 1.29 is 0 Å². The maximum absolute atomic E-state index is 9.05. The van der Waals surface area contributed by atoms with Crippen molar-refractivity contribution in [3.05, 3.63) is 78.4 Å². The van der Waals surface area contributed by atoms with Crippen LogP contribution >= 0.6 is 0 Å². The van der Waals surface area contributed by atoms with Crippen LogP contribution in [-0.4, -0.2) is 65.4 Å². The number of hydrogen-bond donors (Lipinski definition) is 4. The molecule has 13 nitrogen and oxygen atoms in total. The number of nitrogens with two attached hydrogens (primary N) is 1. The number of likely N-dealkylation sites (tertiary alicyclic amines) is 1. The van der Waals surface area contributed by atoms with Gasteiger partial charge in [-0.05, 0) is 67.8 Å². The van der Waals surface area contributed by atoms with Gasteiger partial charge < -0.3 is 16.5 Å². The minimum Gasteiger partial charge on any atom is -0.383 e. The lowest BCUT2D eigenvalue weighted by Gasteiger charge is -2.32. The maximum Gasteiger partial charge on any atom is 0.234 e. The first-order valence-electron chi connectivity index (χ1n) is 14.2. The van der Waals surface area contributed by atoms with Gasteiger partial charge in [0.1, 0.15) is 29.0 Å². The molecule has 0 bridgehead atoms. The van der Waals surface area contributed by atoms with E-state index in [4.69, 9.17) is 26.4 Å². The first kappa shape index (κ1) is 28.4. The minimum atomic E-state index is 0.173. The summed E-state index contributed by atoms with van der Waals surface area (Å²) in [5.74, 6) is 2.42. The van der Waals surface area contributed by atoms with Crippen LogP contribution < -0.4 is 16.5 Å². The average Bonchev–Trinajstić information content (AvgIpc) is 3.41. The third-order valence-corrected chi connectivity index (χ3v) is 7.32. The molecule has 1 saturated heterocycles. The van der Waals surface area contributed by atoms with E-state index >= 15 is 0 Å². The number of aromatic nitrogens is 6. The smallest absolute Gasteiger partial charge is 0.234 e. The zero-order chi connectivity index (χ0) is 30.5. The molecule has 220 valence electrons. The lowest BCUT2D eigenvalue weighted by atomic mass is 10.0. The normalized spacial score (nSPS) is 14.1. The highest BCUT2D eigenvalue weighted by Crippen LogP contribution is 2.31. The van der Waals surface area contributed by atoms with Gasteiger partial charge in [0.05, 0.1) is 11.8 Å². The number of fused-ring (bicyclic) bond motifs is 1. The summed E-state index contributed by atoms with van der Waals surface area (Å²) in [4.78, 5) is 24.6. The Balaban J connectivity index is 1.21. The number of nitriles is 1. The summed E-state index contributed by atoms with van der Waals surface area (Å²) in [5.41, 5.74) is 13.6. The summed E-state index contributed by atoms with van der Waals surface area (Å²) in [5, 5.41) is 24.1. The van der Waals surface area contributed by atoms with Gasteiger partial charge in [0.15, 0.2) is 11.5 Å². The van der Waals surface area contributed by atoms with Crippen molar-refractivity contribution in [1.29, 1.82) is 10.7 Å². The molecular weight excluding hydrogens is 554 g/mol. The molecule has 0 saturated carbocycles. The highest BCUT2D eigenvalue weighted by molar-refractivity contribution is 6.27. The second-order valence-corrected chi connectivity index (χ2v) is 10.5. The largest absolute Gasteiger partial charge is 0.383 e. The van der Waals surface area contributed by atoms with Gasteiger partial charge >= 0.3 is 0 Å². The molecule has 5 aromatic rings. The Morgan fingerprint density at radius 2 is 1.86 bits per heavy atom. The predicted octanol–water partition coefficient (Wildman–Crippen LogP) is 4.24. The van der Waals surface area contributed by atoms with E-state index in [9.17, 15) is 0 Å². The van der Waals surface area contributed by atoms with Crippen molar-refractivity contribution >= 4 is 40.5 Å². The zero-order valence-electron chi connectivity index (χ0n) is 24.1. The van der Waals surface area contributed by atoms with Crippen LogP contribution in [0.5, 0.6) is 0 Å². The fraction of sp³-hybridized carbons (Fsp3) is 0.226. The number of nitrogens with zero attached hydrogens (tertiary/aromatic N) is 9. The van der Waals surface area contributed by atoms with Gasteiger partial charge in [-0.3, -0.25) is 14.9 Å². The van der Waals surface area contributed by atoms with Crippen molar-refractivity contribution in [2.45, 2.75) is 32.4 Å². The molecule has 5 N–H and O–H groups in total. The number of hydrazone groups is 1. The molecule has 13 heteroatoms. The predicted molar refractivity (Wildman–Crippen MR) is 171 cm³/mol. The van der Waals surface area contributed by atoms with Crippen molar-refractivity contribution in [2.75, 3.05) is 29.6 Å². The van der Waals surface area contributed by atoms with Crippen LogP contribution in [0.15, 0.2) is 72.1 Å². The minimum absolute atomic E-state index is 0.173. The SMILES string of the molecule is CC(=N)/C=N\Nc1ccc2nc(-c3cccnc3N)n(-c3ccc(CN4CCC(Nc5ccnc(C#N)n5)CC4)cc3)c2n1. The summed E-state index contributed by atoms with van der Waals surface area (Å²) in [7, 11) is 0. The zero-order valence-corrected chi connectivity index (χ0v) is 24.1. The number of nitrogens with one attached hydrogen (secondary N) is 3. The number of anilines is 3. The van der Waals surface area contributed by atoms with E-state index in [-0.39, 0.29) is 5.82 Å². The third-order valence-electron chi connectivity index (χ3n) is 7.32. The number of benzene rings is 1. The molecule has 0 aliphatic carbocycles. The van der Waals surface area contributed by atoms with Crippen molar-refractivity contribution in [3.63, 3.8) is 0 Å². The molecule has 0 atom stereocenters. The monoisotopic (exact) mass is 585 g/mol. The Morgan fingerprint density at radius 3 is 2.61 bits per heavy atom. The van der Waals surface area contributed by atoms with Crippen LogP contribution in [0.2, 0.25) is 0 Å². The van der Waals surface area contributed by atoms with E-state index in [0.29, 0.717) is 51.8 Å². The second kappa shape index (κ2) is 12.6. The number of nitrogen functional groups attached to an aromatic ring is 1. The Hall–Kier alpha value is -5.74. The summed E-state index contributed by atoms with van der Waals surface area (Å²) in [6.07, 6.45) is 6.64. The van der Waals surface area contributed by atoms with Crippen LogP contribution in [0.1, 0.15) is 31.2 Å². The summed E-state index contributed by atoms with van der Waals surface area (Å²) >= 11 is 0. The van der Waals surface area contributed by atoms with Crippen LogP contribution in [0, 0.1) is 16.7 Å². The van der Waals surface area contributed by atoms with E-state index < -0.39 is 0 Å². The van der Waals surface area contributed by atoms with Gasteiger partial charge in [0.2, 0.25) is 5.82 Å². The van der Waals surface area contributed by atoms with Crippen molar-refractivity contribution in [3.8, 4) is 23.1 Å². The summed E-state index contributed by atoms with van der Waals surface area (Å²) in [6.45, 7) is 4.39. The lowest BCUT2D eigenvalue weighted by Crippen LogP contribution is -2.38. The van der Waals surface area contributed by atoms with Gasteiger partial charge in [-0.1, -0.05) is 12.1 Å². The number of imidazole rings is 1. The quantitative estimate of drug-likeness (QED) is 0.144. The number of rotatable bonds is 9. The van der Waals surface area contributed by atoms with E-state index in [1.807, 2.05) is 28.8 Å². The van der Waals surface area contributed by atoms with E-state index in [2.05, 4.69) is 60.0 Å². The molecule has 0 unspecified atom stereocenters. The molecule has 1 fully saturated rings. The molecule has 44 heavy (non-hydrogen) atoms. The summed E-state index contributed by atoms with van der Waals surface area (Å²) in [6, 6.07) is 19.9. The Labute approximate surface area is 254 Å². The molecular formula is C31H31N13. The van der Waals surface area contributed by atoms with Gasteiger partial charge in [-0.15, -0.1) is 0 Å². The Morgan fingerprint density at radius 1 is 1.05 bits per heavy atom. The van der Waals surface area contributed by atoms with E-state index in [0.717, 1.165) is 38.2 Å². The number of pyridine rings is 2. The van der Waals surface area contributed by atoms with Crippen LogP contribution in [0.3, 0.4) is 0 Å². The van der Waals surface area contributed by atoms with Crippen LogP contribution in [0.25, 0.3) is 28.2 Å². The summed E-state index contributed by atoms with van der Waals surface area (Å²) < 4.78 is 1.98. The molecule has 4 aromatic heterocycles. The standard InChI is InChI=1S/C31H31N13/c1-20(33)18-37-42-27-9-8-25-31(41-27)44(30(39-25)24-3-2-13-36-29(24)34)23-6-4-21(5-7-23)19-43-15-11-22(12-16-43)38-26-10-14-35-28(17-32)40-26/h2-10,13-14,18,22,33H,11-12,15-16,19H2,1H3,(H2,34,36)(H,41,42)(H,35,38,40)/b33-20?,37-18-. The molecule has 0 radical (unpaired) electrons. The Bertz CT molecular complexity index is 1860. The lowest BCUT2D eigenvalue weighted by molar-refractivity contribution is 0.211. The molecule has 1 aliphatic rings. The second-order valence-electron chi connectivity index (χ2n) is 10.5. The highest BCUT2D eigenvalue weighted by atomic mass is 15.3. The molecule has 0 spiro atoms.